The lowest BCUT2D eigenvalue weighted by Gasteiger charge is -2.05. The molecule has 1 aromatic carbocycles. The van der Waals surface area contributed by atoms with Crippen LogP contribution in [-0.4, -0.2) is 19.8 Å². The molecular formula is C15H19NOS. The van der Waals surface area contributed by atoms with Crippen molar-refractivity contribution in [1.82, 2.24) is 5.32 Å². The quantitative estimate of drug-likeness (QED) is 0.607. The molecular weight excluding hydrogens is 242 g/mol. The van der Waals surface area contributed by atoms with Crippen LogP contribution in [0.15, 0.2) is 41.8 Å². The molecule has 2 nitrogen and oxygen atoms in total. The van der Waals surface area contributed by atoms with Crippen LogP contribution in [0.1, 0.15) is 12.5 Å². The molecule has 1 aromatic heterocycles. The van der Waals surface area contributed by atoms with Gasteiger partial charge in [-0.05, 0) is 29.3 Å². The first kappa shape index (κ1) is 13.3. The fourth-order valence-electron chi connectivity index (χ4n) is 1.78. The van der Waals surface area contributed by atoms with Crippen LogP contribution < -0.4 is 5.32 Å². The highest BCUT2D eigenvalue weighted by atomic mass is 32.1. The number of rotatable bonds is 7. The molecule has 0 amide bonds. The van der Waals surface area contributed by atoms with Crippen LogP contribution in [0.2, 0.25) is 0 Å². The molecule has 0 unspecified atom stereocenters. The molecule has 2 rings (SSSR count). The molecule has 0 bridgehead atoms. The van der Waals surface area contributed by atoms with Gasteiger partial charge in [-0.3, -0.25) is 0 Å². The smallest absolute Gasteiger partial charge is 0.0672 e. The number of fused-ring (bicyclic) bond motifs is 1. The first-order valence-corrected chi connectivity index (χ1v) is 7.03. The van der Waals surface area contributed by atoms with Gasteiger partial charge in [0.1, 0.15) is 0 Å². The zero-order chi connectivity index (χ0) is 12.8. The highest BCUT2D eigenvalue weighted by molar-refractivity contribution is 7.17. The Morgan fingerprint density at radius 1 is 1.39 bits per heavy atom. The van der Waals surface area contributed by atoms with Crippen molar-refractivity contribution in [3.8, 4) is 0 Å². The van der Waals surface area contributed by atoms with Gasteiger partial charge in [-0.2, -0.15) is 0 Å². The van der Waals surface area contributed by atoms with E-state index in [4.69, 9.17) is 4.74 Å². The minimum Gasteiger partial charge on any atom is -0.376 e. The number of benzene rings is 1. The molecule has 1 heterocycles. The lowest BCUT2D eigenvalue weighted by atomic mass is 10.2. The normalized spacial score (nSPS) is 10.9. The molecule has 2 aromatic rings. The fourth-order valence-corrected chi connectivity index (χ4v) is 2.75. The minimum atomic E-state index is 0.656. The summed E-state index contributed by atoms with van der Waals surface area (Å²) in [5.41, 5.74) is 2.44. The summed E-state index contributed by atoms with van der Waals surface area (Å²) in [6.45, 7) is 8.94. The SMILES string of the molecule is C=C(C)COCCNCc1csc2ccccc12. The lowest BCUT2D eigenvalue weighted by molar-refractivity contribution is 0.158. The second-order valence-corrected chi connectivity index (χ2v) is 5.35. The average Bonchev–Trinajstić information content (AvgIpc) is 2.77. The highest BCUT2D eigenvalue weighted by Crippen LogP contribution is 2.25. The van der Waals surface area contributed by atoms with Crippen molar-refractivity contribution in [2.75, 3.05) is 19.8 Å². The Kier molecular flexibility index (Phi) is 4.93. The Hall–Kier alpha value is -1.16. The van der Waals surface area contributed by atoms with Gasteiger partial charge in [0.15, 0.2) is 0 Å². The first-order valence-electron chi connectivity index (χ1n) is 6.15. The Morgan fingerprint density at radius 2 is 2.22 bits per heavy atom. The highest BCUT2D eigenvalue weighted by Gasteiger charge is 2.02. The topological polar surface area (TPSA) is 21.3 Å². The molecule has 0 saturated carbocycles. The molecule has 0 fully saturated rings. The fraction of sp³-hybridized carbons (Fsp3) is 0.333. The van der Waals surface area contributed by atoms with Crippen LogP contribution in [0, 0.1) is 0 Å². The number of thiophene rings is 1. The Balaban J connectivity index is 1.75. The summed E-state index contributed by atoms with van der Waals surface area (Å²) >= 11 is 1.80. The van der Waals surface area contributed by atoms with E-state index >= 15 is 0 Å². The molecule has 1 N–H and O–H groups in total. The predicted molar refractivity (Wildman–Crippen MR) is 79.2 cm³/mol. The maximum absolute atomic E-state index is 5.44. The molecule has 3 heteroatoms. The van der Waals surface area contributed by atoms with Gasteiger partial charge < -0.3 is 10.1 Å². The van der Waals surface area contributed by atoms with E-state index < -0.39 is 0 Å². The summed E-state index contributed by atoms with van der Waals surface area (Å²) in [4.78, 5) is 0. The molecule has 0 atom stereocenters. The van der Waals surface area contributed by atoms with Crippen molar-refractivity contribution in [1.29, 1.82) is 0 Å². The van der Waals surface area contributed by atoms with Gasteiger partial charge in [0.25, 0.3) is 0 Å². The maximum atomic E-state index is 5.44. The molecule has 0 radical (unpaired) electrons. The van der Waals surface area contributed by atoms with E-state index in [1.807, 2.05) is 6.92 Å². The molecule has 0 aliphatic carbocycles. The van der Waals surface area contributed by atoms with E-state index in [9.17, 15) is 0 Å². The molecule has 0 aliphatic heterocycles. The maximum Gasteiger partial charge on any atom is 0.0672 e. The van der Waals surface area contributed by atoms with E-state index in [1.165, 1.54) is 15.6 Å². The van der Waals surface area contributed by atoms with Crippen LogP contribution in [0.3, 0.4) is 0 Å². The third-order valence-corrected chi connectivity index (χ3v) is 3.66. The van der Waals surface area contributed by atoms with Gasteiger partial charge in [0, 0.05) is 17.8 Å². The lowest BCUT2D eigenvalue weighted by Crippen LogP contribution is -2.19. The standard InChI is InChI=1S/C15H19NOS/c1-12(2)10-17-8-7-16-9-13-11-18-15-6-4-3-5-14(13)15/h3-6,11,16H,1,7-10H2,2H3. The van der Waals surface area contributed by atoms with E-state index in [2.05, 4.69) is 41.5 Å². The average molecular weight is 261 g/mol. The van der Waals surface area contributed by atoms with Crippen LogP contribution in [0.4, 0.5) is 0 Å². The van der Waals surface area contributed by atoms with Crippen molar-refractivity contribution in [3.05, 3.63) is 47.4 Å². The van der Waals surface area contributed by atoms with Crippen LogP contribution in [0.5, 0.6) is 0 Å². The number of nitrogens with one attached hydrogen (secondary N) is 1. The van der Waals surface area contributed by atoms with Crippen molar-refractivity contribution < 1.29 is 4.74 Å². The second-order valence-electron chi connectivity index (χ2n) is 4.44. The monoisotopic (exact) mass is 261 g/mol. The first-order chi connectivity index (χ1) is 8.77. The van der Waals surface area contributed by atoms with Crippen molar-refractivity contribution >= 4 is 21.4 Å². The minimum absolute atomic E-state index is 0.656. The van der Waals surface area contributed by atoms with Gasteiger partial charge in [0.2, 0.25) is 0 Å². The number of ether oxygens (including phenoxy) is 1. The molecule has 18 heavy (non-hydrogen) atoms. The summed E-state index contributed by atoms with van der Waals surface area (Å²) < 4.78 is 6.80. The summed E-state index contributed by atoms with van der Waals surface area (Å²) in [6.07, 6.45) is 0. The van der Waals surface area contributed by atoms with Crippen molar-refractivity contribution in [2.24, 2.45) is 0 Å². The number of hydrogen-bond donors (Lipinski definition) is 1. The Bertz CT molecular complexity index is 518. The van der Waals surface area contributed by atoms with Crippen molar-refractivity contribution in [3.63, 3.8) is 0 Å². The van der Waals surface area contributed by atoms with E-state index in [-0.39, 0.29) is 0 Å². The molecule has 0 aliphatic rings. The van der Waals surface area contributed by atoms with E-state index in [0.717, 1.165) is 25.3 Å². The zero-order valence-electron chi connectivity index (χ0n) is 10.7. The molecule has 0 saturated heterocycles. The summed E-state index contributed by atoms with van der Waals surface area (Å²) in [5, 5.41) is 6.99. The summed E-state index contributed by atoms with van der Waals surface area (Å²) in [5.74, 6) is 0. The third kappa shape index (κ3) is 3.67. The summed E-state index contributed by atoms with van der Waals surface area (Å²) in [6, 6.07) is 8.52. The van der Waals surface area contributed by atoms with Gasteiger partial charge >= 0.3 is 0 Å². The molecule has 0 spiro atoms. The van der Waals surface area contributed by atoms with Crippen LogP contribution in [0.25, 0.3) is 10.1 Å². The van der Waals surface area contributed by atoms with Gasteiger partial charge in [-0.25, -0.2) is 0 Å². The van der Waals surface area contributed by atoms with Gasteiger partial charge in [0.05, 0.1) is 13.2 Å². The predicted octanol–water partition coefficient (Wildman–Crippen LogP) is 3.58. The van der Waals surface area contributed by atoms with Crippen LogP contribution >= 0.6 is 11.3 Å². The second kappa shape index (κ2) is 6.69. The Morgan fingerprint density at radius 3 is 3.06 bits per heavy atom. The van der Waals surface area contributed by atoms with Gasteiger partial charge in [-0.1, -0.05) is 30.4 Å². The van der Waals surface area contributed by atoms with Crippen LogP contribution in [-0.2, 0) is 11.3 Å². The Labute approximate surface area is 112 Å². The third-order valence-electron chi connectivity index (χ3n) is 2.65. The largest absolute Gasteiger partial charge is 0.376 e. The van der Waals surface area contributed by atoms with Gasteiger partial charge in [-0.15, -0.1) is 11.3 Å². The number of hydrogen-bond acceptors (Lipinski definition) is 3. The summed E-state index contributed by atoms with van der Waals surface area (Å²) in [7, 11) is 0. The van der Waals surface area contributed by atoms with E-state index in [1.54, 1.807) is 11.3 Å². The zero-order valence-corrected chi connectivity index (χ0v) is 11.6. The van der Waals surface area contributed by atoms with E-state index in [0.29, 0.717) is 6.61 Å². The van der Waals surface area contributed by atoms with Crippen molar-refractivity contribution in [2.45, 2.75) is 13.5 Å². The molecule has 96 valence electrons.